The first-order chi connectivity index (χ1) is 14.7. The second kappa shape index (κ2) is 10.6. The number of Topliss-reactive ketones (excluding diaryl/α,β-unsaturated/α-hetero) is 1. The van der Waals surface area contributed by atoms with Crippen LogP contribution in [0.25, 0.3) is 0 Å². The van der Waals surface area contributed by atoms with Crippen molar-refractivity contribution in [2.24, 2.45) is 5.92 Å². The second-order valence-corrected chi connectivity index (χ2v) is 11.4. The zero-order valence-corrected chi connectivity index (χ0v) is 20.7. The second-order valence-electron chi connectivity index (χ2n) is 7.47. The van der Waals surface area contributed by atoms with Gasteiger partial charge in [0.05, 0.1) is 17.0 Å². The van der Waals surface area contributed by atoms with Crippen molar-refractivity contribution < 1.29 is 42.0 Å². The van der Waals surface area contributed by atoms with Gasteiger partial charge < -0.3 is 20.4 Å². The minimum atomic E-state index is -5.19. The van der Waals surface area contributed by atoms with Gasteiger partial charge in [-0.15, -0.1) is 0 Å². The molecule has 5 N–H and O–H groups in total. The molecule has 0 bridgehead atoms. The van der Waals surface area contributed by atoms with Crippen molar-refractivity contribution in [2.75, 3.05) is 12.3 Å². The molecule has 15 heteroatoms. The molecular formula is C17H27N4O8P2S+. The fraction of sp³-hybridized carbons (Fsp3) is 0.529. The number of hydrogen-bond acceptors (Lipinski definition) is 9. The molecule has 32 heavy (non-hydrogen) atoms. The maximum absolute atomic E-state index is 12.9. The number of carbonyl (C=O) groups is 1. The average Bonchev–Trinajstić information content (AvgIpc) is 2.91. The number of ketones is 1. The fourth-order valence-corrected chi connectivity index (χ4v) is 5.62. The van der Waals surface area contributed by atoms with E-state index in [9.17, 15) is 18.8 Å². The Labute approximate surface area is 189 Å². The molecule has 0 fully saturated rings. The van der Waals surface area contributed by atoms with Crippen molar-refractivity contribution >= 4 is 38.6 Å². The highest BCUT2D eigenvalue weighted by Gasteiger charge is 2.33. The predicted octanol–water partition coefficient (Wildman–Crippen LogP) is 2.07. The van der Waals surface area contributed by atoms with Crippen molar-refractivity contribution in [3.8, 4) is 0 Å². The van der Waals surface area contributed by atoms with Crippen LogP contribution in [0.1, 0.15) is 52.0 Å². The lowest BCUT2D eigenvalue weighted by Gasteiger charge is -2.11. The lowest BCUT2D eigenvalue weighted by atomic mass is 10.1. The van der Waals surface area contributed by atoms with E-state index >= 15 is 0 Å². The molecule has 0 amide bonds. The van der Waals surface area contributed by atoms with Crippen LogP contribution in [-0.2, 0) is 30.9 Å². The van der Waals surface area contributed by atoms with Gasteiger partial charge >= 0.3 is 20.7 Å². The van der Waals surface area contributed by atoms with Crippen molar-refractivity contribution in [1.29, 1.82) is 0 Å². The van der Waals surface area contributed by atoms with Crippen LogP contribution in [0.3, 0.4) is 0 Å². The first kappa shape index (κ1) is 26.7. The highest BCUT2D eigenvalue weighted by molar-refractivity contribution is 7.60. The van der Waals surface area contributed by atoms with Crippen molar-refractivity contribution in [3.05, 3.63) is 33.2 Å². The normalized spacial score (nSPS) is 14.0. The third kappa shape index (κ3) is 7.79. The zero-order valence-electron chi connectivity index (χ0n) is 18.1. The number of aryl methyl sites for hydroxylation is 1. The molecule has 2 heterocycles. The molecule has 0 aliphatic carbocycles. The first-order valence-electron chi connectivity index (χ1n) is 9.56. The number of phosphoric ester groups is 1. The van der Waals surface area contributed by atoms with E-state index < -0.39 is 15.6 Å². The van der Waals surface area contributed by atoms with Crippen LogP contribution in [0, 0.1) is 19.8 Å². The molecular weight excluding hydrogens is 482 g/mol. The van der Waals surface area contributed by atoms with E-state index in [-0.39, 0.29) is 31.3 Å². The van der Waals surface area contributed by atoms with E-state index in [4.69, 9.17) is 15.5 Å². The molecule has 0 aromatic carbocycles. The molecule has 12 nitrogen and oxygen atoms in total. The highest BCUT2D eigenvalue weighted by atomic mass is 32.1. The van der Waals surface area contributed by atoms with Gasteiger partial charge in [-0.2, -0.15) is 8.88 Å². The molecule has 0 aliphatic heterocycles. The Morgan fingerprint density at radius 3 is 2.50 bits per heavy atom. The Kier molecular flexibility index (Phi) is 8.82. The number of rotatable bonds is 11. The van der Waals surface area contributed by atoms with Gasteiger partial charge in [-0.3, -0.25) is 9.32 Å². The Bertz CT molecular complexity index is 1080. The molecule has 1 atom stereocenters. The highest BCUT2D eigenvalue weighted by Crippen LogP contribution is 2.57. The summed E-state index contributed by atoms with van der Waals surface area (Å²) in [6.07, 6.45) is 2.04. The molecule has 2 rings (SSSR count). The van der Waals surface area contributed by atoms with Gasteiger partial charge in [0.15, 0.2) is 12.2 Å². The zero-order chi connectivity index (χ0) is 24.3. The minimum absolute atomic E-state index is 0.0652. The van der Waals surface area contributed by atoms with Crippen LogP contribution < -0.4 is 10.3 Å². The summed E-state index contributed by atoms with van der Waals surface area (Å²) >= 11 is 1.21. The molecule has 2 aromatic heterocycles. The van der Waals surface area contributed by atoms with Gasteiger partial charge in [-0.1, -0.05) is 25.2 Å². The number of nitrogens with two attached hydrogens (primary N) is 1. The molecule has 0 saturated carbocycles. The number of hydrogen-bond donors (Lipinski definition) is 4. The third-order valence-corrected chi connectivity index (χ3v) is 7.82. The molecule has 178 valence electrons. The van der Waals surface area contributed by atoms with Crippen LogP contribution in [0.5, 0.6) is 0 Å². The topological polar surface area (TPSA) is 186 Å². The van der Waals surface area contributed by atoms with Gasteiger partial charge in [0.2, 0.25) is 5.78 Å². The number of phosphoric acid groups is 2. The Balaban J connectivity index is 2.29. The molecule has 1 unspecified atom stereocenters. The van der Waals surface area contributed by atoms with Crippen molar-refractivity contribution in [3.63, 3.8) is 0 Å². The molecule has 0 saturated heterocycles. The van der Waals surface area contributed by atoms with Gasteiger partial charge in [-0.25, -0.2) is 19.1 Å². The summed E-state index contributed by atoms with van der Waals surface area (Å²) in [4.78, 5) is 48.7. The number of aromatic nitrogens is 3. The van der Waals surface area contributed by atoms with Crippen LogP contribution in [0.4, 0.5) is 5.82 Å². The SMILES string of the molecule is Cc1ncc(C[n+]2c(C(=O)CC(C)C)sc(CCOP(=O)(O)OP(=O)(O)O)c2C)c(N)n1. The van der Waals surface area contributed by atoms with E-state index in [1.54, 1.807) is 24.6 Å². The van der Waals surface area contributed by atoms with Gasteiger partial charge in [0.25, 0.3) is 0 Å². The number of thiazole rings is 1. The fourth-order valence-electron chi connectivity index (χ4n) is 2.85. The van der Waals surface area contributed by atoms with Gasteiger partial charge in [-0.05, 0) is 12.8 Å². The smallest absolute Gasteiger partial charge is 0.383 e. The summed E-state index contributed by atoms with van der Waals surface area (Å²) in [7, 11) is -10.1. The van der Waals surface area contributed by atoms with Gasteiger partial charge in [0.1, 0.15) is 11.6 Å². The third-order valence-electron chi connectivity index (χ3n) is 4.25. The van der Waals surface area contributed by atoms with Crippen LogP contribution in [-0.4, -0.2) is 37.0 Å². The van der Waals surface area contributed by atoms with E-state index in [1.165, 1.54) is 11.3 Å². The van der Waals surface area contributed by atoms with Crippen molar-refractivity contribution in [1.82, 2.24) is 9.97 Å². The number of anilines is 1. The number of carbonyl (C=O) groups excluding carboxylic acids is 1. The molecule has 0 radical (unpaired) electrons. The summed E-state index contributed by atoms with van der Waals surface area (Å²) < 4.78 is 32.6. The largest absolute Gasteiger partial charge is 0.481 e. The summed E-state index contributed by atoms with van der Waals surface area (Å²) in [5.41, 5.74) is 7.36. The Morgan fingerprint density at radius 2 is 1.94 bits per heavy atom. The number of nitrogen functional groups attached to an aromatic ring is 1. The quantitative estimate of drug-likeness (QED) is 0.197. The standard InChI is InChI=1S/C17H26N4O8P2S/c1-10(2)7-14(22)17-21(9-13-8-19-12(4)20-16(13)18)11(3)15(32-17)5-6-28-31(26,27)29-30(23,24)25/h8,10H,5-7,9H2,1-4H3,(H4-,18,19,20,23,24,25,26,27)/p+1. The van der Waals surface area contributed by atoms with E-state index in [2.05, 4.69) is 18.8 Å². The number of nitrogens with zero attached hydrogens (tertiary/aromatic N) is 3. The lowest BCUT2D eigenvalue weighted by molar-refractivity contribution is -0.691. The van der Waals surface area contributed by atoms with E-state index in [0.29, 0.717) is 39.2 Å². The van der Waals surface area contributed by atoms with Gasteiger partial charge in [0, 0.05) is 26.0 Å². The molecule has 0 spiro atoms. The first-order valence-corrected chi connectivity index (χ1v) is 13.4. The van der Waals surface area contributed by atoms with Crippen LogP contribution >= 0.6 is 27.0 Å². The summed E-state index contributed by atoms with van der Waals surface area (Å²) in [5, 5.41) is 0.477. The maximum Gasteiger partial charge on any atom is 0.481 e. The van der Waals surface area contributed by atoms with E-state index in [1.807, 2.05) is 13.8 Å². The Morgan fingerprint density at radius 1 is 1.28 bits per heavy atom. The van der Waals surface area contributed by atoms with Crippen molar-refractivity contribution in [2.45, 2.75) is 47.1 Å². The molecule has 2 aromatic rings. The lowest BCUT2D eigenvalue weighted by Crippen LogP contribution is -2.41. The van der Waals surface area contributed by atoms with Crippen LogP contribution in [0.2, 0.25) is 0 Å². The molecule has 0 aliphatic rings. The van der Waals surface area contributed by atoms with Crippen LogP contribution in [0.15, 0.2) is 6.20 Å². The predicted molar refractivity (Wildman–Crippen MR) is 116 cm³/mol. The maximum atomic E-state index is 12.9. The monoisotopic (exact) mass is 509 g/mol. The minimum Gasteiger partial charge on any atom is -0.383 e. The summed E-state index contributed by atoms with van der Waals surface area (Å²) in [6.45, 7) is 7.27. The summed E-state index contributed by atoms with van der Waals surface area (Å²) in [6, 6.07) is 0. The average molecular weight is 509 g/mol. The van der Waals surface area contributed by atoms with E-state index in [0.717, 1.165) is 0 Å². The summed E-state index contributed by atoms with van der Waals surface area (Å²) in [5.74, 6) is 0.907. The Hall–Kier alpha value is -1.56.